The van der Waals surface area contributed by atoms with Crippen LogP contribution in [0.5, 0.6) is 5.75 Å². The van der Waals surface area contributed by atoms with E-state index in [0.29, 0.717) is 11.5 Å². The SMILES string of the molecule is COC(=O)c1coc(-c2nc3oc2C24c5ccccc5N[C@H]2Oc2ccc(cc24)C[C@H](NC(=O)C(C(C)C)N(C)C(=O)OCc2ccccc2)C(=O)N[C@H]3C(C)C)n1. The van der Waals surface area contributed by atoms with Crippen LogP contribution in [-0.2, 0) is 37.5 Å². The number of hydrogen-bond acceptors (Lipinski definition) is 12. The zero-order valence-electron chi connectivity index (χ0n) is 32.9. The molecule has 0 radical (unpaired) electrons. The van der Waals surface area contributed by atoms with Gasteiger partial charge in [0.05, 0.1) is 7.11 Å². The molecule has 0 saturated carbocycles. The number of ether oxygens (including phenoxy) is 3. The molecule has 0 fully saturated rings. The molecule has 0 aliphatic carbocycles. The maximum Gasteiger partial charge on any atom is 0.410 e. The average molecular weight is 789 g/mol. The monoisotopic (exact) mass is 788 g/mol. The van der Waals surface area contributed by atoms with Gasteiger partial charge in [0.25, 0.3) is 0 Å². The van der Waals surface area contributed by atoms with Crippen molar-refractivity contribution in [3.63, 3.8) is 0 Å². The molecule has 8 rings (SSSR count). The van der Waals surface area contributed by atoms with E-state index in [1.54, 1.807) is 0 Å². The summed E-state index contributed by atoms with van der Waals surface area (Å²) in [4.78, 5) is 65.2. The summed E-state index contributed by atoms with van der Waals surface area (Å²) in [6.07, 6.45) is -0.0791. The van der Waals surface area contributed by atoms with Crippen LogP contribution in [0.15, 0.2) is 87.9 Å². The van der Waals surface area contributed by atoms with Gasteiger partial charge >= 0.3 is 12.1 Å². The lowest BCUT2D eigenvalue weighted by Gasteiger charge is -2.32. The minimum Gasteiger partial charge on any atom is -0.469 e. The molecule has 3 aromatic carbocycles. The van der Waals surface area contributed by atoms with E-state index in [2.05, 4.69) is 20.9 Å². The molecule has 300 valence electrons. The van der Waals surface area contributed by atoms with Gasteiger partial charge < -0.3 is 39.0 Å². The van der Waals surface area contributed by atoms with Gasteiger partial charge in [0, 0.05) is 24.7 Å². The minimum atomic E-state index is -1.14. The molecule has 15 heteroatoms. The highest BCUT2D eigenvalue weighted by molar-refractivity contribution is 5.92. The Morgan fingerprint density at radius 3 is 2.48 bits per heavy atom. The van der Waals surface area contributed by atoms with Crippen LogP contribution in [0.1, 0.15) is 78.1 Å². The van der Waals surface area contributed by atoms with Crippen LogP contribution >= 0.6 is 0 Å². The number of likely N-dealkylation sites (N-methyl/N-ethyl adjacent to an activating group) is 1. The molecular formula is C43H44N6O9. The number of oxazole rings is 2. The molecule has 5 aromatic rings. The first-order chi connectivity index (χ1) is 27.9. The molecule has 1 spiro atoms. The second-order valence-electron chi connectivity index (χ2n) is 15.4. The maximum atomic E-state index is 14.5. The van der Waals surface area contributed by atoms with Crippen LogP contribution in [0.3, 0.4) is 0 Å². The first-order valence-electron chi connectivity index (χ1n) is 19.2. The van der Waals surface area contributed by atoms with E-state index in [9.17, 15) is 19.2 Å². The fourth-order valence-corrected chi connectivity index (χ4v) is 8.15. The first-order valence-corrected chi connectivity index (χ1v) is 19.2. The number of aromatic nitrogens is 2. The third-order valence-corrected chi connectivity index (χ3v) is 11.0. The van der Waals surface area contributed by atoms with E-state index in [4.69, 9.17) is 28.0 Å². The molecule has 15 nitrogen and oxygen atoms in total. The smallest absolute Gasteiger partial charge is 0.410 e. The van der Waals surface area contributed by atoms with E-state index in [0.717, 1.165) is 27.9 Å². The molecule has 2 unspecified atom stereocenters. The maximum absolute atomic E-state index is 14.5. The van der Waals surface area contributed by atoms with Gasteiger partial charge in [0.2, 0.25) is 23.6 Å². The molecule has 4 bridgehead atoms. The lowest BCUT2D eigenvalue weighted by molar-refractivity contribution is -0.133. The molecule has 5 atom stereocenters. The van der Waals surface area contributed by atoms with Crippen LogP contribution in [0.4, 0.5) is 10.5 Å². The van der Waals surface area contributed by atoms with Gasteiger partial charge in [-0.25, -0.2) is 19.6 Å². The lowest BCUT2D eigenvalue weighted by atomic mass is 9.72. The van der Waals surface area contributed by atoms with Crippen LogP contribution in [0.25, 0.3) is 11.6 Å². The van der Waals surface area contributed by atoms with Crippen molar-refractivity contribution < 1.29 is 42.2 Å². The van der Waals surface area contributed by atoms with Gasteiger partial charge in [0.15, 0.2) is 23.4 Å². The van der Waals surface area contributed by atoms with E-state index in [-0.39, 0.29) is 48.0 Å². The van der Waals surface area contributed by atoms with E-state index >= 15 is 0 Å². The Morgan fingerprint density at radius 1 is 0.983 bits per heavy atom. The highest BCUT2D eigenvalue weighted by Crippen LogP contribution is 2.59. The molecular weight excluding hydrogens is 745 g/mol. The minimum absolute atomic E-state index is 0.00694. The molecule has 3 amide bonds. The van der Waals surface area contributed by atoms with Crippen molar-refractivity contribution in [3.05, 3.63) is 119 Å². The number of carbonyl (C=O) groups is 4. The largest absolute Gasteiger partial charge is 0.469 e. The quantitative estimate of drug-likeness (QED) is 0.154. The summed E-state index contributed by atoms with van der Waals surface area (Å²) in [6, 6.07) is 19.8. The van der Waals surface area contributed by atoms with Crippen LogP contribution < -0.4 is 20.7 Å². The number of nitrogens with one attached hydrogen (secondary N) is 3. The average Bonchev–Trinajstić information content (AvgIpc) is 4.00. The normalized spacial score (nSPS) is 20.7. The summed E-state index contributed by atoms with van der Waals surface area (Å²) in [5.74, 6) is -1.24. The zero-order chi connectivity index (χ0) is 40.9. The second-order valence-corrected chi connectivity index (χ2v) is 15.4. The third kappa shape index (κ3) is 6.49. The molecule has 3 N–H and O–H groups in total. The van der Waals surface area contributed by atoms with Crippen molar-refractivity contribution in [2.24, 2.45) is 11.8 Å². The second kappa shape index (κ2) is 15.0. The fourth-order valence-electron chi connectivity index (χ4n) is 8.15. The highest BCUT2D eigenvalue weighted by Gasteiger charge is 2.61. The number of rotatable bonds is 9. The summed E-state index contributed by atoms with van der Waals surface area (Å²) in [6.45, 7) is 7.50. The Labute approximate surface area is 334 Å². The number of amides is 3. The van der Waals surface area contributed by atoms with Gasteiger partial charge in [0.1, 0.15) is 42.2 Å². The van der Waals surface area contributed by atoms with E-state index < -0.39 is 53.6 Å². The van der Waals surface area contributed by atoms with E-state index in [1.165, 1.54) is 25.3 Å². The number of esters is 1. The highest BCUT2D eigenvalue weighted by atomic mass is 16.6. The Hall–Kier alpha value is -6.64. The van der Waals surface area contributed by atoms with Crippen molar-refractivity contribution in [2.45, 2.75) is 70.5 Å². The van der Waals surface area contributed by atoms with Crippen molar-refractivity contribution in [2.75, 3.05) is 19.5 Å². The van der Waals surface area contributed by atoms with Crippen LogP contribution in [0.2, 0.25) is 0 Å². The summed E-state index contributed by atoms with van der Waals surface area (Å²) in [5, 5.41) is 9.59. The zero-order valence-corrected chi connectivity index (χ0v) is 32.9. The lowest BCUT2D eigenvalue weighted by Crippen LogP contribution is -2.56. The molecule has 0 saturated heterocycles. The van der Waals surface area contributed by atoms with Gasteiger partial charge in [-0.15, -0.1) is 0 Å². The van der Waals surface area contributed by atoms with Crippen molar-refractivity contribution in [1.29, 1.82) is 0 Å². The van der Waals surface area contributed by atoms with Gasteiger partial charge in [-0.3, -0.25) is 14.5 Å². The predicted octanol–water partition coefficient (Wildman–Crippen LogP) is 5.74. The molecule has 58 heavy (non-hydrogen) atoms. The molecule has 5 heterocycles. The van der Waals surface area contributed by atoms with E-state index in [1.807, 2.05) is 100 Å². The number of methoxy groups -OCH3 is 1. The standard InChI is InChI=1S/C43H44N6O9/c1-22(2)32-39-48-33(38-45-30(21-55-38)40(52)54-6)35(58-39)43-26-14-10-11-15-28(26)46-41(43)57-31-17-16-25(18-27(31)43)19-29(36(50)47-32)44-37(51)34(23(3)4)49(5)42(53)56-20-24-12-8-7-9-13-24/h7-18,21-23,29,32,34,41,46H,19-20H2,1-6H3,(H,44,51)(H,47,50)/t29-,32-,34?,41-,43?/m0/s1. The number of anilines is 1. The van der Waals surface area contributed by atoms with Crippen molar-refractivity contribution in [3.8, 4) is 17.3 Å². The molecule has 3 aliphatic heterocycles. The number of fused-ring (bicyclic) bond motifs is 4. The Kier molecular flexibility index (Phi) is 9.91. The molecule has 3 aliphatic rings. The number of carbonyl (C=O) groups excluding carboxylic acids is 4. The number of hydrogen-bond donors (Lipinski definition) is 3. The first kappa shape index (κ1) is 38.2. The van der Waals surface area contributed by atoms with Gasteiger partial charge in [-0.2, -0.15) is 0 Å². The van der Waals surface area contributed by atoms with Crippen molar-refractivity contribution >= 4 is 29.6 Å². The van der Waals surface area contributed by atoms with Crippen LogP contribution in [-0.4, -0.2) is 71.2 Å². The van der Waals surface area contributed by atoms with Crippen LogP contribution in [0, 0.1) is 11.8 Å². The summed E-state index contributed by atoms with van der Waals surface area (Å²) in [5.41, 5.74) is 2.91. The molecule has 2 aromatic heterocycles. The topological polar surface area (TPSA) is 187 Å². The number of benzene rings is 3. The van der Waals surface area contributed by atoms with Gasteiger partial charge in [-0.05, 0) is 40.7 Å². The Morgan fingerprint density at radius 2 is 1.74 bits per heavy atom. The number of para-hydroxylation sites is 1. The third-order valence-electron chi connectivity index (χ3n) is 11.0. The number of nitrogens with zero attached hydrogens (tertiary/aromatic N) is 3. The Bertz CT molecular complexity index is 2390. The Balaban J connectivity index is 1.21. The summed E-state index contributed by atoms with van der Waals surface area (Å²) < 4.78 is 29.8. The fraction of sp³-hybridized carbons (Fsp3) is 0.349. The summed E-state index contributed by atoms with van der Waals surface area (Å²) >= 11 is 0. The van der Waals surface area contributed by atoms with Gasteiger partial charge in [-0.1, -0.05) is 88.4 Å². The summed E-state index contributed by atoms with van der Waals surface area (Å²) in [7, 11) is 2.76. The van der Waals surface area contributed by atoms with Crippen molar-refractivity contribution in [1.82, 2.24) is 25.5 Å². The predicted molar refractivity (Wildman–Crippen MR) is 209 cm³/mol.